The Morgan fingerprint density at radius 1 is 1.09 bits per heavy atom. The highest BCUT2D eigenvalue weighted by atomic mass is 32.1. The number of carbonyl (C=O) groups is 4. The molecule has 8 nitrogen and oxygen atoms in total. The summed E-state index contributed by atoms with van der Waals surface area (Å²) in [4.78, 5) is 46.0. The zero-order chi connectivity index (χ0) is 17.6. The van der Waals surface area contributed by atoms with Crippen molar-refractivity contribution in [2.24, 2.45) is 0 Å². The summed E-state index contributed by atoms with van der Waals surface area (Å²) in [6, 6.07) is 0. The van der Waals surface area contributed by atoms with Crippen molar-refractivity contribution in [2.75, 3.05) is 19.5 Å². The molecule has 0 atom stereocenters. The standard InChI is InChI=1S/C14H17NO7S/c1-7-10(13(19)21-2)12(23-11(7)14(20)22-3)15-8(16)5-4-6-9(17)18/h4-6H2,1-3H3,(H,15,16)(H,17,18). The number of nitrogens with one attached hydrogen (secondary N) is 1. The molecule has 1 aromatic heterocycles. The van der Waals surface area contributed by atoms with Crippen LogP contribution >= 0.6 is 11.3 Å². The molecule has 9 heteroatoms. The van der Waals surface area contributed by atoms with Crippen LogP contribution in [0.2, 0.25) is 0 Å². The van der Waals surface area contributed by atoms with Gasteiger partial charge in [-0.2, -0.15) is 0 Å². The molecular weight excluding hydrogens is 326 g/mol. The Morgan fingerprint density at radius 3 is 2.22 bits per heavy atom. The van der Waals surface area contributed by atoms with Gasteiger partial charge in [0.25, 0.3) is 0 Å². The molecule has 0 aliphatic carbocycles. The summed E-state index contributed by atoms with van der Waals surface area (Å²) in [5.74, 6) is -2.75. The second-order valence-electron chi connectivity index (χ2n) is 4.54. The number of esters is 2. The summed E-state index contributed by atoms with van der Waals surface area (Å²) >= 11 is 0.907. The topological polar surface area (TPSA) is 119 Å². The van der Waals surface area contributed by atoms with Crippen LogP contribution < -0.4 is 5.32 Å². The fourth-order valence-corrected chi connectivity index (χ4v) is 2.96. The molecular formula is C14H17NO7S. The zero-order valence-corrected chi connectivity index (χ0v) is 13.7. The molecule has 0 saturated heterocycles. The normalized spacial score (nSPS) is 10.0. The molecule has 0 bridgehead atoms. The molecule has 0 aliphatic rings. The molecule has 2 N–H and O–H groups in total. The lowest BCUT2D eigenvalue weighted by Gasteiger charge is -2.05. The largest absolute Gasteiger partial charge is 0.481 e. The molecule has 23 heavy (non-hydrogen) atoms. The fourth-order valence-electron chi connectivity index (χ4n) is 1.83. The first-order valence-corrected chi connectivity index (χ1v) is 7.45. The van der Waals surface area contributed by atoms with Crippen LogP contribution in [0, 0.1) is 6.92 Å². The molecule has 1 rings (SSSR count). The third-order valence-electron chi connectivity index (χ3n) is 2.95. The third-order valence-corrected chi connectivity index (χ3v) is 4.14. The van der Waals surface area contributed by atoms with Crippen LogP contribution in [-0.4, -0.2) is 43.1 Å². The number of ether oxygens (including phenoxy) is 2. The van der Waals surface area contributed by atoms with Gasteiger partial charge in [0, 0.05) is 12.8 Å². The van der Waals surface area contributed by atoms with Crippen molar-refractivity contribution in [3.05, 3.63) is 16.0 Å². The molecule has 0 aliphatic heterocycles. The van der Waals surface area contributed by atoms with Crippen LogP contribution in [0.25, 0.3) is 0 Å². The van der Waals surface area contributed by atoms with Gasteiger partial charge < -0.3 is 19.9 Å². The molecule has 1 aromatic rings. The minimum atomic E-state index is -0.993. The van der Waals surface area contributed by atoms with E-state index in [1.54, 1.807) is 6.92 Å². The number of hydrogen-bond acceptors (Lipinski definition) is 7. The molecule has 0 unspecified atom stereocenters. The lowest BCUT2D eigenvalue weighted by Crippen LogP contribution is -2.14. The Bertz CT molecular complexity index is 635. The average molecular weight is 343 g/mol. The number of methoxy groups -OCH3 is 2. The number of rotatable bonds is 7. The van der Waals surface area contributed by atoms with E-state index >= 15 is 0 Å². The number of carboxylic acid groups (broad SMARTS) is 1. The summed E-state index contributed by atoms with van der Waals surface area (Å²) in [5, 5.41) is 11.2. The van der Waals surface area contributed by atoms with Gasteiger partial charge in [-0.15, -0.1) is 11.3 Å². The van der Waals surface area contributed by atoms with Crippen LogP contribution in [0.4, 0.5) is 5.00 Å². The van der Waals surface area contributed by atoms with Gasteiger partial charge in [-0.25, -0.2) is 9.59 Å². The zero-order valence-electron chi connectivity index (χ0n) is 12.9. The van der Waals surface area contributed by atoms with Crippen LogP contribution in [-0.2, 0) is 19.1 Å². The Labute approximate surface area is 136 Å². The Morgan fingerprint density at radius 2 is 1.70 bits per heavy atom. The van der Waals surface area contributed by atoms with Gasteiger partial charge in [0.15, 0.2) is 0 Å². The van der Waals surface area contributed by atoms with Crippen molar-refractivity contribution in [1.29, 1.82) is 0 Å². The Hall–Kier alpha value is -2.42. The van der Waals surface area contributed by atoms with E-state index in [1.807, 2.05) is 0 Å². The highest BCUT2D eigenvalue weighted by Crippen LogP contribution is 2.34. The van der Waals surface area contributed by atoms with Crippen molar-refractivity contribution >= 4 is 40.2 Å². The molecule has 0 fully saturated rings. The van der Waals surface area contributed by atoms with Crippen LogP contribution in [0.3, 0.4) is 0 Å². The monoisotopic (exact) mass is 343 g/mol. The summed E-state index contributed by atoms with van der Waals surface area (Å²) in [7, 11) is 2.40. The maximum absolute atomic E-state index is 11.9. The fraction of sp³-hybridized carbons (Fsp3) is 0.429. The maximum Gasteiger partial charge on any atom is 0.348 e. The molecule has 0 radical (unpaired) electrons. The Balaban J connectivity index is 3.00. The van der Waals surface area contributed by atoms with Crippen LogP contribution in [0.5, 0.6) is 0 Å². The minimum absolute atomic E-state index is 0.0165. The second kappa shape index (κ2) is 8.28. The Kier molecular flexibility index (Phi) is 6.70. The highest BCUT2D eigenvalue weighted by molar-refractivity contribution is 7.18. The van der Waals surface area contributed by atoms with Crippen molar-refractivity contribution in [1.82, 2.24) is 0 Å². The van der Waals surface area contributed by atoms with Crippen molar-refractivity contribution < 1.29 is 33.8 Å². The third kappa shape index (κ3) is 4.78. The molecule has 0 saturated carbocycles. The van der Waals surface area contributed by atoms with E-state index in [9.17, 15) is 19.2 Å². The number of amides is 1. The average Bonchev–Trinajstić information content (AvgIpc) is 2.81. The van der Waals surface area contributed by atoms with Gasteiger partial charge in [-0.3, -0.25) is 9.59 Å². The van der Waals surface area contributed by atoms with Gasteiger partial charge in [0.2, 0.25) is 5.91 Å². The van der Waals surface area contributed by atoms with E-state index in [0.717, 1.165) is 11.3 Å². The van der Waals surface area contributed by atoms with E-state index in [2.05, 4.69) is 14.8 Å². The molecule has 126 valence electrons. The van der Waals surface area contributed by atoms with Crippen molar-refractivity contribution in [3.8, 4) is 0 Å². The van der Waals surface area contributed by atoms with Crippen molar-refractivity contribution in [2.45, 2.75) is 26.2 Å². The van der Waals surface area contributed by atoms with Crippen molar-refractivity contribution in [3.63, 3.8) is 0 Å². The second-order valence-corrected chi connectivity index (χ2v) is 5.56. The summed E-state index contributed by atoms with van der Waals surface area (Å²) in [5.41, 5.74) is 0.444. The van der Waals surface area contributed by atoms with Gasteiger partial charge in [0.1, 0.15) is 9.88 Å². The van der Waals surface area contributed by atoms with Crippen LogP contribution in [0.1, 0.15) is 44.9 Å². The minimum Gasteiger partial charge on any atom is -0.481 e. The number of thiophene rings is 1. The van der Waals surface area contributed by atoms with E-state index in [0.29, 0.717) is 5.56 Å². The first-order valence-electron chi connectivity index (χ1n) is 6.63. The first-order chi connectivity index (χ1) is 10.8. The summed E-state index contributed by atoms with van der Waals surface area (Å²) in [6.07, 6.45) is 0.0223. The van der Waals surface area contributed by atoms with Crippen LogP contribution in [0.15, 0.2) is 0 Å². The number of carboxylic acids is 1. The quantitative estimate of drug-likeness (QED) is 0.725. The van der Waals surface area contributed by atoms with E-state index in [4.69, 9.17) is 5.11 Å². The summed E-state index contributed by atoms with van der Waals surface area (Å²) in [6.45, 7) is 1.55. The SMILES string of the molecule is COC(=O)c1sc(NC(=O)CCCC(=O)O)c(C(=O)OC)c1C. The van der Waals surface area contributed by atoms with Gasteiger partial charge in [0.05, 0.1) is 19.8 Å². The summed E-state index contributed by atoms with van der Waals surface area (Å²) < 4.78 is 9.30. The molecule has 0 aromatic carbocycles. The predicted octanol–water partition coefficient (Wildman–Crippen LogP) is 1.82. The molecule has 0 spiro atoms. The highest BCUT2D eigenvalue weighted by Gasteiger charge is 2.26. The van der Waals surface area contributed by atoms with Gasteiger partial charge in [-0.05, 0) is 18.9 Å². The van der Waals surface area contributed by atoms with Gasteiger partial charge in [-0.1, -0.05) is 0 Å². The lowest BCUT2D eigenvalue weighted by atomic mass is 10.1. The lowest BCUT2D eigenvalue weighted by molar-refractivity contribution is -0.137. The number of aliphatic carboxylic acids is 1. The smallest absolute Gasteiger partial charge is 0.348 e. The number of anilines is 1. The van der Waals surface area contributed by atoms with E-state index in [1.165, 1.54) is 14.2 Å². The van der Waals surface area contributed by atoms with E-state index < -0.39 is 23.8 Å². The first kappa shape index (κ1) is 18.6. The molecule has 1 heterocycles. The number of carbonyl (C=O) groups excluding carboxylic acids is 3. The van der Waals surface area contributed by atoms with E-state index in [-0.39, 0.29) is 34.7 Å². The van der Waals surface area contributed by atoms with Gasteiger partial charge >= 0.3 is 17.9 Å². The number of hydrogen-bond donors (Lipinski definition) is 2. The maximum atomic E-state index is 11.9. The molecule has 1 amide bonds. The predicted molar refractivity (Wildman–Crippen MR) is 81.9 cm³/mol.